The summed E-state index contributed by atoms with van der Waals surface area (Å²) in [7, 11) is 0. The summed E-state index contributed by atoms with van der Waals surface area (Å²) in [5, 5.41) is 6.56. The van der Waals surface area contributed by atoms with Crippen LogP contribution >= 0.6 is 23.2 Å². The van der Waals surface area contributed by atoms with Crippen molar-refractivity contribution in [1.82, 2.24) is 9.97 Å². The fourth-order valence-electron chi connectivity index (χ4n) is 2.40. The second kappa shape index (κ2) is 7.79. The molecule has 0 bridgehead atoms. The number of nitrogens with zero attached hydrogens (tertiary/aromatic N) is 2. The Balaban J connectivity index is 1.67. The average molecular weight is 367 g/mol. The van der Waals surface area contributed by atoms with Gasteiger partial charge in [0.15, 0.2) is 0 Å². The van der Waals surface area contributed by atoms with Crippen LogP contribution in [0.15, 0.2) is 30.6 Å². The van der Waals surface area contributed by atoms with Crippen molar-refractivity contribution in [3.63, 3.8) is 0 Å². The number of aromatic nitrogens is 2. The first-order valence-corrected chi connectivity index (χ1v) is 8.32. The molecule has 2 heterocycles. The predicted molar refractivity (Wildman–Crippen MR) is 93.9 cm³/mol. The van der Waals surface area contributed by atoms with Crippen LogP contribution in [0.5, 0.6) is 0 Å². The van der Waals surface area contributed by atoms with E-state index in [4.69, 9.17) is 27.9 Å². The van der Waals surface area contributed by atoms with E-state index in [-0.39, 0.29) is 11.8 Å². The monoisotopic (exact) mass is 366 g/mol. The van der Waals surface area contributed by atoms with Crippen LogP contribution in [0.3, 0.4) is 0 Å². The molecule has 1 aromatic heterocycles. The van der Waals surface area contributed by atoms with Crippen LogP contribution in [-0.4, -0.2) is 35.1 Å². The molecule has 1 unspecified atom stereocenters. The van der Waals surface area contributed by atoms with Crippen molar-refractivity contribution in [1.29, 1.82) is 0 Å². The highest BCUT2D eigenvalue weighted by molar-refractivity contribution is 6.40. The van der Waals surface area contributed by atoms with Gasteiger partial charge in [-0.2, -0.15) is 0 Å². The Bertz CT molecular complexity index is 716. The molecule has 8 heteroatoms. The first kappa shape index (κ1) is 17.0. The molecule has 1 saturated heterocycles. The van der Waals surface area contributed by atoms with Gasteiger partial charge < -0.3 is 15.4 Å². The maximum atomic E-state index is 12.4. The summed E-state index contributed by atoms with van der Waals surface area (Å²) in [6.45, 7) is 1.44. The van der Waals surface area contributed by atoms with Gasteiger partial charge in [-0.1, -0.05) is 29.3 Å². The van der Waals surface area contributed by atoms with Crippen LogP contribution in [-0.2, 0) is 4.74 Å². The lowest BCUT2D eigenvalue weighted by molar-refractivity contribution is 0.102. The van der Waals surface area contributed by atoms with E-state index in [0.29, 0.717) is 28.1 Å². The lowest BCUT2D eigenvalue weighted by Gasteiger charge is -2.12. The Hall–Kier alpha value is -1.89. The summed E-state index contributed by atoms with van der Waals surface area (Å²) < 4.78 is 5.54. The highest BCUT2D eigenvalue weighted by Gasteiger charge is 2.16. The Kier molecular flexibility index (Phi) is 5.50. The zero-order valence-electron chi connectivity index (χ0n) is 12.8. The summed E-state index contributed by atoms with van der Waals surface area (Å²) in [5.74, 6) is 0.156. The van der Waals surface area contributed by atoms with Crippen molar-refractivity contribution in [2.75, 3.05) is 23.8 Å². The Morgan fingerprint density at radius 1 is 1.29 bits per heavy atom. The van der Waals surface area contributed by atoms with E-state index >= 15 is 0 Å². The van der Waals surface area contributed by atoms with E-state index in [1.165, 1.54) is 6.33 Å². The number of hydrogen-bond donors (Lipinski definition) is 2. The van der Waals surface area contributed by atoms with Gasteiger partial charge in [-0.25, -0.2) is 9.97 Å². The molecular weight excluding hydrogens is 351 g/mol. The first-order chi connectivity index (χ1) is 11.6. The number of benzene rings is 1. The van der Waals surface area contributed by atoms with E-state index in [1.807, 2.05) is 0 Å². The molecule has 0 aliphatic carbocycles. The zero-order chi connectivity index (χ0) is 16.9. The fourth-order valence-corrected chi connectivity index (χ4v) is 2.89. The van der Waals surface area contributed by atoms with Crippen molar-refractivity contribution in [3.8, 4) is 0 Å². The first-order valence-electron chi connectivity index (χ1n) is 7.56. The number of ether oxygens (including phenoxy) is 1. The Morgan fingerprint density at radius 3 is 2.79 bits per heavy atom. The minimum atomic E-state index is -0.410. The van der Waals surface area contributed by atoms with Crippen molar-refractivity contribution >= 4 is 40.6 Å². The number of halogens is 2. The SMILES string of the molecule is O=C(Nc1c(Cl)cccc1Cl)c1cc(NCC2CCCO2)ncn1. The van der Waals surface area contributed by atoms with Crippen LogP contribution in [0.2, 0.25) is 10.0 Å². The summed E-state index contributed by atoms with van der Waals surface area (Å²) in [6, 6.07) is 6.59. The maximum absolute atomic E-state index is 12.4. The van der Waals surface area contributed by atoms with Gasteiger partial charge in [-0.05, 0) is 25.0 Å². The summed E-state index contributed by atoms with van der Waals surface area (Å²) >= 11 is 12.1. The molecule has 6 nitrogen and oxygen atoms in total. The third kappa shape index (κ3) is 4.14. The second-order valence-electron chi connectivity index (χ2n) is 5.36. The molecule has 1 aliphatic heterocycles. The maximum Gasteiger partial charge on any atom is 0.274 e. The lowest BCUT2D eigenvalue weighted by atomic mass is 10.2. The van der Waals surface area contributed by atoms with E-state index < -0.39 is 5.91 Å². The molecule has 1 aliphatic rings. The Morgan fingerprint density at radius 2 is 2.08 bits per heavy atom. The highest BCUT2D eigenvalue weighted by atomic mass is 35.5. The van der Waals surface area contributed by atoms with E-state index in [2.05, 4.69) is 20.6 Å². The number of amides is 1. The summed E-state index contributed by atoms with van der Waals surface area (Å²) in [5.41, 5.74) is 0.578. The molecule has 3 rings (SSSR count). The number of nitrogens with one attached hydrogen (secondary N) is 2. The van der Waals surface area contributed by atoms with Crippen molar-refractivity contribution in [3.05, 3.63) is 46.3 Å². The topological polar surface area (TPSA) is 76.1 Å². The van der Waals surface area contributed by atoms with Crippen molar-refractivity contribution < 1.29 is 9.53 Å². The van der Waals surface area contributed by atoms with Gasteiger partial charge in [0.1, 0.15) is 17.8 Å². The Labute approximate surface area is 149 Å². The molecular formula is C16H16Cl2N4O2. The van der Waals surface area contributed by atoms with Crippen LogP contribution in [0, 0.1) is 0 Å². The van der Waals surface area contributed by atoms with E-state index in [9.17, 15) is 4.79 Å². The lowest BCUT2D eigenvalue weighted by Crippen LogP contribution is -2.20. The number of carbonyl (C=O) groups is 1. The number of para-hydroxylation sites is 1. The molecule has 0 spiro atoms. The fraction of sp³-hybridized carbons (Fsp3) is 0.312. The molecule has 24 heavy (non-hydrogen) atoms. The molecule has 1 amide bonds. The third-order valence-electron chi connectivity index (χ3n) is 3.64. The average Bonchev–Trinajstić information content (AvgIpc) is 3.10. The molecule has 2 N–H and O–H groups in total. The van der Waals surface area contributed by atoms with Crippen LogP contribution < -0.4 is 10.6 Å². The molecule has 126 valence electrons. The molecule has 1 atom stereocenters. The number of hydrogen-bond acceptors (Lipinski definition) is 5. The van der Waals surface area contributed by atoms with Crippen LogP contribution in [0.1, 0.15) is 23.3 Å². The van der Waals surface area contributed by atoms with Crippen molar-refractivity contribution in [2.24, 2.45) is 0 Å². The minimum Gasteiger partial charge on any atom is -0.376 e. The van der Waals surface area contributed by atoms with Gasteiger partial charge in [0.25, 0.3) is 5.91 Å². The highest BCUT2D eigenvalue weighted by Crippen LogP contribution is 2.30. The minimum absolute atomic E-state index is 0.180. The molecule has 2 aromatic rings. The van der Waals surface area contributed by atoms with Gasteiger partial charge in [0, 0.05) is 19.2 Å². The van der Waals surface area contributed by atoms with E-state index in [1.54, 1.807) is 24.3 Å². The van der Waals surface area contributed by atoms with Crippen molar-refractivity contribution in [2.45, 2.75) is 18.9 Å². The third-order valence-corrected chi connectivity index (χ3v) is 4.27. The van der Waals surface area contributed by atoms with Gasteiger partial charge in [0.05, 0.1) is 21.8 Å². The molecule has 1 aromatic carbocycles. The standard InChI is InChI=1S/C16H16Cl2N4O2/c17-11-4-1-5-12(18)15(11)22-16(23)13-7-14(21-9-20-13)19-8-10-3-2-6-24-10/h1,4-5,7,9-10H,2-3,6,8H2,(H,22,23)(H,19,20,21). The van der Waals surface area contributed by atoms with Crippen LogP contribution in [0.4, 0.5) is 11.5 Å². The smallest absolute Gasteiger partial charge is 0.274 e. The summed E-state index contributed by atoms with van der Waals surface area (Å²) in [4.78, 5) is 20.5. The van der Waals surface area contributed by atoms with Gasteiger partial charge in [-0.3, -0.25) is 4.79 Å². The molecule has 0 radical (unpaired) electrons. The van der Waals surface area contributed by atoms with Gasteiger partial charge in [-0.15, -0.1) is 0 Å². The quantitative estimate of drug-likeness (QED) is 0.844. The predicted octanol–water partition coefficient (Wildman–Crippen LogP) is 3.63. The zero-order valence-corrected chi connectivity index (χ0v) is 14.3. The van der Waals surface area contributed by atoms with E-state index in [0.717, 1.165) is 19.4 Å². The number of anilines is 2. The van der Waals surface area contributed by atoms with Gasteiger partial charge >= 0.3 is 0 Å². The largest absolute Gasteiger partial charge is 0.376 e. The normalized spacial score (nSPS) is 16.8. The second-order valence-corrected chi connectivity index (χ2v) is 6.17. The molecule has 0 saturated carbocycles. The number of carbonyl (C=O) groups excluding carboxylic acids is 1. The number of rotatable bonds is 5. The molecule has 1 fully saturated rings. The summed E-state index contributed by atoms with van der Waals surface area (Å²) in [6.07, 6.45) is 3.61. The van der Waals surface area contributed by atoms with Crippen LogP contribution in [0.25, 0.3) is 0 Å². The van der Waals surface area contributed by atoms with Gasteiger partial charge in [0.2, 0.25) is 0 Å².